The van der Waals surface area contributed by atoms with Gasteiger partial charge in [0.2, 0.25) is 71.8 Å². The molecule has 13 atom stereocenters. The number of allylic oxidation sites excluding steroid dienone is 2. The molecule has 7 N–H and O–H groups in total. The number of nitrogens with one attached hydrogen (secondary N) is 4. The van der Waals surface area contributed by atoms with Gasteiger partial charge in [0.25, 0.3) is 0 Å². The summed E-state index contributed by atoms with van der Waals surface area (Å²) in [5.41, 5.74) is 5.95. The fourth-order valence-corrected chi connectivity index (χ4v) is 12.8. The zero-order valence-electron chi connectivity index (χ0n) is 73.5. The van der Waals surface area contributed by atoms with Gasteiger partial charge in [-0.3, -0.25) is 71.9 Å². The van der Waals surface area contributed by atoms with Gasteiger partial charge in [-0.2, -0.15) is 0 Å². The van der Waals surface area contributed by atoms with Crippen molar-refractivity contribution in [1.82, 2.24) is 55.6 Å². The van der Waals surface area contributed by atoms with Gasteiger partial charge in [0, 0.05) is 49.3 Å². The number of nitrogens with two attached hydrogens (primary N) is 1. The minimum absolute atomic E-state index is 0.0297. The van der Waals surface area contributed by atoms with Crippen LogP contribution in [-0.4, -0.2) is 323 Å². The summed E-state index contributed by atoms with van der Waals surface area (Å²) in [6, 6.07) is -15.3. The van der Waals surface area contributed by atoms with Crippen molar-refractivity contribution in [1.29, 1.82) is 0 Å². The van der Waals surface area contributed by atoms with E-state index in [4.69, 9.17) is 48.7 Å². The average molecular weight is 1670 g/mol. The molecular weight excluding hydrogens is 1530 g/mol. The van der Waals surface area contributed by atoms with Crippen LogP contribution >= 0.6 is 0 Å². The molecule has 1 rings (SSSR count). The maximum atomic E-state index is 15.8. The highest BCUT2D eigenvalue weighted by Crippen LogP contribution is 2.28. The largest absolute Gasteiger partial charge is 0.511 e. The lowest BCUT2D eigenvalue weighted by Gasteiger charge is -2.42. The number of carboxylic acid groups (broad SMARTS) is 1. The number of carbonyl (C=O) groups is 16. The van der Waals surface area contributed by atoms with Gasteiger partial charge >= 0.3 is 30.0 Å². The Labute approximate surface area is 690 Å². The zero-order valence-corrected chi connectivity index (χ0v) is 73.5. The zero-order chi connectivity index (χ0) is 89.6. The van der Waals surface area contributed by atoms with Crippen LogP contribution in [0.5, 0.6) is 0 Å². The van der Waals surface area contributed by atoms with Crippen molar-refractivity contribution in [2.24, 2.45) is 47.2 Å². The third-order valence-electron chi connectivity index (χ3n) is 19.6. The Morgan fingerprint density at radius 1 is 0.479 bits per heavy atom. The molecule has 668 valence electrons. The molecule has 117 heavy (non-hydrogen) atoms. The van der Waals surface area contributed by atoms with Crippen molar-refractivity contribution in [3.05, 3.63) is 12.2 Å². The van der Waals surface area contributed by atoms with Crippen molar-refractivity contribution in [3.63, 3.8) is 0 Å². The van der Waals surface area contributed by atoms with E-state index in [0.717, 1.165) is 19.6 Å². The second-order valence-electron chi connectivity index (χ2n) is 32.1. The van der Waals surface area contributed by atoms with Gasteiger partial charge in [-0.05, 0) is 101 Å². The van der Waals surface area contributed by atoms with Crippen molar-refractivity contribution < 1.29 is 120 Å². The third-order valence-corrected chi connectivity index (χ3v) is 19.6. The normalized spacial score (nSPS) is 22.8. The Morgan fingerprint density at radius 2 is 0.932 bits per heavy atom. The Balaban J connectivity index is 4.08. The molecule has 11 amide bonds. The highest BCUT2D eigenvalue weighted by Gasteiger charge is 2.48. The average Bonchev–Trinajstić information content (AvgIpc) is 0.798. The van der Waals surface area contributed by atoms with E-state index in [0.29, 0.717) is 0 Å². The second-order valence-corrected chi connectivity index (χ2v) is 32.1. The summed E-state index contributed by atoms with van der Waals surface area (Å²) in [6.07, 6.45) is -1.05. The monoisotopic (exact) mass is 1670 g/mol. The number of hydrogen-bond acceptors (Lipinski definition) is 25. The summed E-state index contributed by atoms with van der Waals surface area (Å²) in [5, 5.41) is 19.6. The number of nitrogens with zero attached hydrogens (tertiary/aromatic N) is 7. The van der Waals surface area contributed by atoms with Crippen molar-refractivity contribution in [2.75, 3.05) is 116 Å². The maximum Gasteiger partial charge on any atom is 0.511 e. The highest BCUT2D eigenvalue weighted by molar-refractivity contribution is 6.00. The van der Waals surface area contributed by atoms with Gasteiger partial charge in [-0.15, -0.1) is 0 Å². The summed E-state index contributed by atoms with van der Waals surface area (Å²) < 4.78 is 42.4. The number of amides is 11. The highest BCUT2D eigenvalue weighted by atomic mass is 16.8. The SMILES string of the molecule is C/C=C/C[C@@H](C)C(OC(=O)OCOC(=O)C[C@@H](N)C(=O)OCCOCCOCCOCCOC(=O)CCC(=O)O)[C@H]1C(=O)NC(CC)C(=O)N(C)CC(=O)N(C)[C@@H](CC(C)C)C(=O)NC(C(C)C)C(=O)N(C)C(CC(C)C)C(=O)N[C@@H](C)C(=O)NC(C)C(=O)N(C)[C@H](CC(C)C)C(=O)N(C)C(CC(C)C)C(=O)N(C)C(C(C)C)C(=O)N1C. The topological polar surface area (TPSA) is 464 Å². The second kappa shape index (κ2) is 53.4. The molecule has 0 spiro atoms. The van der Waals surface area contributed by atoms with Crippen LogP contribution in [0.4, 0.5) is 4.79 Å². The number of rotatable bonds is 36. The summed E-state index contributed by atoms with van der Waals surface area (Å²) in [5.74, 6) is -15.7. The number of likely N-dealkylation sites (N-methyl/N-ethyl adjacent to an activating group) is 7. The molecule has 7 unspecified atom stereocenters. The van der Waals surface area contributed by atoms with Crippen LogP contribution in [-0.2, 0) is 110 Å². The Morgan fingerprint density at radius 3 is 1.42 bits per heavy atom. The van der Waals surface area contributed by atoms with Gasteiger partial charge in [-0.1, -0.05) is 109 Å². The smallest absolute Gasteiger partial charge is 0.481 e. The summed E-state index contributed by atoms with van der Waals surface area (Å²) >= 11 is 0. The fourth-order valence-electron chi connectivity index (χ4n) is 12.8. The quantitative estimate of drug-likeness (QED) is 0.0173. The molecule has 0 aliphatic carbocycles. The number of carbonyl (C=O) groups excluding carboxylic acids is 15. The molecule has 37 nitrogen and oxygen atoms in total. The van der Waals surface area contributed by atoms with Crippen LogP contribution in [0.3, 0.4) is 0 Å². The standard InChI is InChI=1S/C80H138N12O25/c1-25-27-28-52(15)68(117-80(109)116-45-115-64(97)43-55(81)79(108)114-38-36-112-34-32-110-31-33-111-35-37-113-63(96)30-29-62(94)95)67-72(101)84-56(26-2)74(103)86(18)44-61(93)87(19)57(39-46(3)4)71(100)85-65(50(11)12)77(106)88(20)58(40-47(5)6)70(99)82-53(16)69(98)83-54(17)73(102)89(21)59(41-48(7)8)75(104)90(22)60(42-49(9)10)76(105)91(23)66(51(13)14)78(107)92(67)24/h25,27,46-60,65-68H,26,28-45,81H2,1-24H3,(H,82,99)(H,83,98)(H,84,101)(H,85,100)(H,94,95)/b27-25+/t52-,53+,54?,55-,56?,57+,58?,59-,60?,65?,66?,67+,68?/m1/s1. The molecule has 0 saturated carbocycles. The van der Waals surface area contributed by atoms with Crippen LogP contribution in [0.2, 0.25) is 0 Å². The first kappa shape index (κ1) is 106. The van der Waals surface area contributed by atoms with Gasteiger partial charge in [-0.25, -0.2) is 4.79 Å². The number of aliphatic carboxylic acids is 1. The number of carboxylic acids is 1. The van der Waals surface area contributed by atoms with Gasteiger partial charge < -0.3 is 104 Å². The molecule has 1 aliphatic heterocycles. The van der Waals surface area contributed by atoms with E-state index in [1.807, 2.05) is 55.4 Å². The first-order valence-corrected chi connectivity index (χ1v) is 40.3. The predicted molar refractivity (Wildman–Crippen MR) is 429 cm³/mol. The van der Waals surface area contributed by atoms with Crippen LogP contribution in [0.25, 0.3) is 0 Å². The van der Waals surface area contributed by atoms with Crippen LogP contribution in [0, 0.1) is 41.4 Å². The minimum atomic E-state index is -1.92. The van der Waals surface area contributed by atoms with Gasteiger partial charge in [0.1, 0.15) is 85.8 Å². The minimum Gasteiger partial charge on any atom is -0.481 e. The molecule has 0 aromatic heterocycles. The van der Waals surface area contributed by atoms with Crippen LogP contribution < -0.4 is 27.0 Å². The van der Waals surface area contributed by atoms with E-state index >= 15 is 19.2 Å². The molecule has 0 aromatic rings. The lowest BCUT2D eigenvalue weighted by molar-refractivity contribution is -0.161. The molecular formula is C80H138N12O25. The van der Waals surface area contributed by atoms with Crippen LogP contribution in [0.1, 0.15) is 175 Å². The fraction of sp³-hybridized carbons (Fsp3) is 0.775. The molecule has 1 heterocycles. The number of hydrogen-bond donors (Lipinski definition) is 6. The number of ether oxygens (including phenoxy) is 8. The molecule has 0 aromatic carbocycles. The third kappa shape index (κ3) is 36.3. The van der Waals surface area contributed by atoms with Crippen molar-refractivity contribution in [3.8, 4) is 0 Å². The molecule has 1 fully saturated rings. The maximum absolute atomic E-state index is 15.8. The van der Waals surface area contributed by atoms with E-state index in [1.165, 1.54) is 77.9 Å². The summed E-state index contributed by atoms with van der Waals surface area (Å²) in [7, 11) is 9.42. The summed E-state index contributed by atoms with van der Waals surface area (Å²) in [6.45, 7) is 27.3. The first-order chi connectivity index (χ1) is 54.6. The van der Waals surface area contributed by atoms with E-state index in [9.17, 15) is 57.5 Å². The Hall–Kier alpha value is -9.10. The van der Waals surface area contributed by atoms with E-state index in [1.54, 1.807) is 60.6 Å². The lowest BCUT2D eigenvalue weighted by atomic mass is 9.91. The van der Waals surface area contributed by atoms with Crippen LogP contribution in [0.15, 0.2) is 12.2 Å². The molecule has 1 saturated heterocycles. The predicted octanol–water partition coefficient (Wildman–Crippen LogP) is 2.65. The van der Waals surface area contributed by atoms with E-state index in [-0.39, 0.29) is 128 Å². The molecule has 0 bridgehead atoms. The lowest BCUT2D eigenvalue weighted by Crippen LogP contribution is -2.64. The number of esters is 3. The Kier molecular flexibility index (Phi) is 48.3. The molecule has 37 heteroatoms. The molecule has 1 aliphatic rings. The summed E-state index contributed by atoms with van der Waals surface area (Å²) in [4.78, 5) is 234. The Bertz CT molecular complexity index is 3300. The van der Waals surface area contributed by atoms with E-state index in [2.05, 4.69) is 21.3 Å². The van der Waals surface area contributed by atoms with Crippen molar-refractivity contribution >= 4 is 95.0 Å². The van der Waals surface area contributed by atoms with E-state index < -0.39 is 205 Å². The van der Waals surface area contributed by atoms with Crippen molar-refractivity contribution in [2.45, 2.75) is 248 Å². The van der Waals surface area contributed by atoms with Gasteiger partial charge in [0.15, 0.2) is 0 Å². The molecule has 0 radical (unpaired) electrons. The van der Waals surface area contributed by atoms with Gasteiger partial charge in [0.05, 0.1) is 65.4 Å². The first-order valence-electron chi connectivity index (χ1n) is 40.3.